The van der Waals surface area contributed by atoms with E-state index < -0.39 is 16.1 Å². The van der Waals surface area contributed by atoms with E-state index in [1.54, 1.807) is 13.0 Å². The van der Waals surface area contributed by atoms with E-state index in [-0.39, 0.29) is 10.8 Å². The minimum Gasteiger partial charge on any atom is -0.494 e. The molecule has 7 nitrogen and oxygen atoms in total. The molecule has 0 spiro atoms. The number of hydrogen-bond acceptors (Lipinski definition) is 5. The maximum Gasteiger partial charge on any atom is 0.241 e. The summed E-state index contributed by atoms with van der Waals surface area (Å²) >= 11 is 0. The highest BCUT2D eigenvalue weighted by molar-refractivity contribution is 7.89. The van der Waals surface area contributed by atoms with Gasteiger partial charge >= 0.3 is 0 Å². The van der Waals surface area contributed by atoms with Crippen molar-refractivity contribution in [2.45, 2.75) is 31.3 Å². The number of ether oxygens (including phenoxy) is 1. The first-order valence-corrected chi connectivity index (χ1v) is 10.1. The molecule has 27 heavy (non-hydrogen) atoms. The van der Waals surface area contributed by atoms with Crippen LogP contribution in [0.2, 0.25) is 0 Å². The number of amides is 1. The lowest BCUT2D eigenvalue weighted by atomic mass is 10.1. The van der Waals surface area contributed by atoms with Gasteiger partial charge in [-0.05, 0) is 56.8 Å². The van der Waals surface area contributed by atoms with Gasteiger partial charge in [-0.25, -0.2) is 13.6 Å². The zero-order valence-corrected chi connectivity index (χ0v) is 16.5. The highest BCUT2D eigenvalue weighted by atomic mass is 32.2. The molecule has 0 saturated heterocycles. The van der Waals surface area contributed by atoms with E-state index in [0.717, 1.165) is 11.3 Å². The normalized spacial score (nSPS) is 12.6. The summed E-state index contributed by atoms with van der Waals surface area (Å²) in [6.07, 6.45) is 0. The van der Waals surface area contributed by atoms with Gasteiger partial charge in [0.05, 0.1) is 17.5 Å². The van der Waals surface area contributed by atoms with E-state index in [1.165, 1.54) is 18.2 Å². The van der Waals surface area contributed by atoms with Crippen LogP contribution in [0.5, 0.6) is 5.75 Å². The van der Waals surface area contributed by atoms with Gasteiger partial charge in [-0.3, -0.25) is 9.69 Å². The number of carbonyl (C=O) groups excluding carboxylic acids is 1. The van der Waals surface area contributed by atoms with Crippen LogP contribution >= 0.6 is 0 Å². The fourth-order valence-electron chi connectivity index (χ4n) is 2.48. The van der Waals surface area contributed by atoms with Gasteiger partial charge in [0.1, 0.15) is 5.75 Å². The molecule has 0 heterocycles. The first kappa shape index (κ1) is 20.9. The molecule has 0 aromatic heterocycles. The molecule has 2 rings (SSSR count). The van der Waals surface area contributed by atoms with E-state index >= 15 is 0 Å². The Morgan fingerprint density at radius 2 is 1.89 bits per heavy atom. The van der Waals surface area contributed by atoms with Crippen LogP contribution < -0.4 is 15.2 Å². The van der Waals surface area contributed by atoms with Crippen LogP contribution in [0.1, 0.15) is 19.4 Å². The number of primary sulfonamides is 1. The van der Waals surface area contributed by atoms with E-state index in [1.807, 2.05) is 43.1 Å². The van der Waals surface area contributed by atoms with Crippen molar-refractivity contribution in [3.05, 3.63) is 54.1 Å². The number of sulfonamides is 1. The number of rotatable bonds is 8. The molecule has 0 aliphatic heterocycles. The molecule has 0 radical (unpaired) electrons. The number of nitrogens with one attached hydrogen (secondary N) is 1. The lowest BCUT2D eigenvalue weighted by Gasteiger charge is -2.24. The summed E-state index contributed by atoms with van der Waals surface area (Å²) in [5.41, 5.74) is 1.43. The predicted molar refractivity (Wildman–Crippen MR) is 105 cm³/mol. The Labute approximate surface area is 160 Å². The monoisotopic (exact) mass is 391 g/mol. The fraction of sp³-hybridized carbons (Fsp3) is 0.316. The lowest BCUT2D eigenvalue weighted by Crippen LogP contribution is -2.39. The number of anilines is 1. The Bertz CT molecular complexity index is 882. The van der Waals surface area contributed by atoms with Gasteiger partial charge in [0, 0.05) is 12.2 Å². The maximum absolute atomic E-state index is 12.5. The minimum absolute atomic E-state index is 0.0457. The number of hydrogen-bond donors (Lipinski definition) is 2. The summed E-state index contributed by atoms with van der Waals surface area (Å²) < 4.78 is 28.3. The quantitative estimate of drug-likeness (QED) is 0.718. The molecule has 1 amide bonds. The molecule has 2 aromatic carbocycles. The zero-order valence-electron chi connectivity index (χ0n) is 15.7. The van der Waals surface area contributed by atoms with Gasteiger partial charge in [-0.1, -0.05) is 18.2 Å². The summed E-state index contributed by atoms with van der Waals surface area (Å²) in [6, 6.07) is 13.2. The third kappa shape index (κ3) is 6.06. The predicted octanol–water partition coefficient (Wildman–Crippen LogP) is 2.19. The smallest absolute Gasteiger partial charge is 0.241 e. The molecule has 146 valence electrons. The second kappa shape index (κ2) is 8.98. The Morgan fingerprint density at radius 1 is 1.22 bits per heavy atom. The minimum atomic E-state index is -3.82. The van der Waals surface area contributed by atoms with Gasteiger partial charge in [-0.2, -0.15) is 0 Å². The number of nitrogens with two attached hydrogens (primary N) is 1. The SMILES string of the molecule is CCOc1ccc(CN(C)[C@@H](C)C(=O)Nc2cccc(S(N)(=O)=O)c2)cc1. The van der Waals surface area contributed by atoms with E-state index in [2.05, 4.69) is 5.32 Å². The van der Waals surface area contributed by atoms with Crippen molar-refractivity contribution in [2.24, 2.45) is 5.14 Å². The van der Waals surface area contributed by atoms with Crippen molar-refractivity contribution >= 4 is 21.6 Å². The molecule has 2 aromatic rings. The Hall–Kier alpha value is -2.42. The molecule has 0 aliphatic carbocycles. The Kier molecular flexibility index (Phi) is 6.95. The molecule has 1 atom stereocenters. The largest absolute Gasteiger partial charge is 0.494 e. The third-order valence-electron chi connectivity index (χ3n) is 4.14. The molecule has 8 heteroatoms. The van der Waals surface area contributed by atoms with Gasteiger partial charge in [0.15, 0.2) is 0 Å². The van der Waals surface area contributed by atoms with Crippen LogP contribution in [-0.4, -0.2) is 38.9 Å². The first-order chi connectivity index (χ1) is 12.7. The van der Waals surface area contributed by atoms with E-state index in [0.29, 0.717) is 18.8 Å². The summed E-state index contributed by atoms with van der Waals surface area (Å²) in [6.45, 7) is 4.91. The molecule has 0 unspecified atom stereocenters. The highest BCUT2D eigenvalue weighted by Crippen LogP contribution is 2.16. The van der Waals surface area contributed by atoms with Crippen molar-refractivity contribution in [1.82, 2.24) is 4.90 Å². The van der Waals surface area contributed by atoms with E-state index in [4.69, 9.17) is 9.88 Å². The molecule has 0 fully saturated rings. The maximum atomic E-state index is 12.5. The van der Waals surface area contributed by atoms with Crippen molar-refractivity contribution < 1.29 is 17.9 Å². The van der Waals surface area contributed by atoms with Gasteiger partial charge in [0.2, 0.25) is 15.9 Å². The molecule has 0 bridgehead atoms. The molecular weight excluding hydrogens is 366 g/mol. The first-order valence-electron chi connectivity index (χ1n) is 8.56. The van der Waals surface area contributed by atoms with Crippen LogP contribution in [0, 0.1) is 0 Å². The van der Waals surface area contributed by atoms with Gasteiger partial charge < -0.3 is 10.1 Å². The summed E-state index contributed by atoms with van der Waals surface area (Å²) in [5, 5.41) is 7.85. The molecule has 0 aliphatic rings. The summed E-state index contributed by atoms with van der Waals surface area (Å²) in [5.74, 6) is 0.569. The summed E-state index contributed by atoms with van der Waals surface area (Å²) in [4.78, 5) is 14.3. The molecule has 3 N–H and O–H groups in total. The fourth-order valence-corrected chi connectivity index (χ4v) is 3.04. The number of carbonyl (C=O) groups is 1. The second-order valence-corrected chi connectivity index (χ2v) is 7.79. The third-order valence-corrected chi connectivity index (χ3v) is 5.05. The van der Waals surface area contributed by atoms with Gasteiger partial charge in [0.25, 0.3) is 0 Å². The Balaban J connectivity index is 1.99. The highest BCUT2D eigenvalue weighted by Gasteiger charge is 2.19. The second-order valence-electron chi connectivity index (χ2n) is 6.23. The molecular formula is C19H25N3O4S. The number of nitrogens with zero attached hydrogens (tertiary/aromatic N) is 1. The number of benzene rings is 2. The van der Waals surface area contributed by atoms with E-state index in [9.17, 15) is 13.2 Å². The van der Waals surface area contributed by atoms with Crippen molar-refractivity contribution in [3.8, 4) is 5.75 Å². The van der Waals surface area contributed by atoms with Crippen molar-refractivity contribution in [1.29, 1.82) is 0 Å². The van der Waals surface area contributed by atoms with Crippen LogP contribution in [0.25, 0.3) is 0 Å². The molecule has 0 saturated carbocycles. The number of likely N-dealkylation sites (N-methyl/N-ethyl adjacent to an activating group) is 1. The van der Waals surface area contributed by atoms with Crippen LogP contribution in [0.15, 0.2) is 53.4 Å². The summed E-state index contributed by atoms with van der Waals surface area (Å²) in [7, 11) is -1.97. The van der Waals surface area contributed by atoms with Crippen molar-refractivity contribution in [2.75, 3.05) is 19.0 Å². The average molecular weight is 391 g/mol. The Morgan fingerprint density at radius 3 is 2.48 bits per heavy atom. The van der Waals surface area contributed by atoms with Crippen LogP contribution in [0.3, 0.4) is 0 Å². The topological polar surface area (TPSA) is 102 Å². The van der Waals surface area contributed by atoms with Crippen LogP contribution in [0.4, 0.5) is 5.69 Å². The zero-order chi connectivity index (χ0) is 20.0. The lowest BCUT2D eigenvalue weighted by molar-refractivity contribution is -0.120. The average Bonchev–Trinajstić information content (AvgIpc) is 2.62. The van der Waals surface area contributed by atoms with Crippen molar-refractivity contribution in [3.63, 3.8) is 0 Å². The van der Waals surface area contributed by atoms with Crippen LogP contribution in [-0.2, 0) is 21.4 Å². The standard InChI is InChI=1S/C19H25N3O4S/c1-4-26-17-10-8-15(9-11-17)13-22(3)14(2)19(23)21-16-6-5-7-18(12-16)27(20,24)25/h5-12,14H,4,13H2,1-3H3,(H,21,23)(H2,20,24,25)/t14-/m0/s1. The van der Waals surface area contributed by atoms with Gasteiger partial charge in [-0.15, -0.1) is 0 Å².